The van der Waals surface area contributed by atoms with E-state index in [9.17, 15) is 9.59 Å². The van der Waals surface area contributed by atoms with Crippen molar-refractivity contribution in [2.24, 2.45) is 0 Å². The molecule has 0 aromatic heterocycles. The topological polar surface area (TPSA) is 87.7 Å². The van der Waals surface area contributed by atoms with Crippen LogP contribution in [-0.4, -0.2) is 29.8 Å². The Morgan fingerprint density at radius 2 is 2.00 bits per heavy atom. The van der Waals surface area contributed by atoms with Gasteiger partial charge in [0.05, 0.1) is 7.11 Å². The van der Waals surface area contributed by atoms with E-state index in [2.05, 4.69) is 17.6 Å². The van der Waals surface area contributed by atoms with Gasteiger partial charge in [-0.1, -0.05) is 13.3 Å². The average Bonchev–Trinajstić information content (AvgIpc) is 2.37. The molecule has 0 aliphatic heterocycles. The van der Waals surface area contributed by atoms with Gasteiger partial charge < -0.3 is 20.5 Å². The van der Waals surface area contributed by atoms with Gasteiger partial charge in [0.15, 0.2) is 0 Å². The summed E-state index contributed by atoms with van der Waals surface area (Å²) in [6.45, 7) is 5.95. The summed E-state index contributed by atoms with van der Waals surface area (Å²) in [5, 5.41) is 14.5. The summed E-state index contributed by atoms with van der Waals surface area (Å²) in [6, 6.07) is 4.07. The summed E-state index contributed by atoms with van der Waals surface area (Å²) in [5.41, 5.74) is 0.223. The highest BCUT2D eigenvalue weighted by molar-refractivity contribution is 5.94. The van der Waals surface area contributed by atoms with Gasteiger partial charge in [-0.2, -0.15) is 0 Å². The summed E-state index contributed by atoms with van der Waals surface area (Å²) < 4.78 is 5.02. The molecule has 0 bridgehead atoms. The molecule has 6 heteroatoms. The lowest BCUT2D eigenvalue weighted by molar-refractivity contribution is 0.0693. The fourth-order valence-electron chi connectivity index (χ4n) is 2.10. The fourth-order valence-corrected chi connectivity index (χ4v) is 2.10. The number of hydrogen-bond donors (Lipinski definition) is 3. The molecule has 2 amide bonds. The van der Waals surface area contributed by atoms with Crippen molar-refractivity contribution in [2.75, 3.05) is 12.4 Å². The van der Waals surface area contributed by atoms with E-state index in [1.807, 2.05) is 13.8 Å². The first-order chi connectivity index (χ1) is 9.79. The number of carbonyl (C=O) groups is 2. The standard InChI is InChI=1S/C15H22N2O4/c1-5-8-15(2,3)17-14(20)16-10-6-7-11(13(18)19)12(9-10)21-4/h6-7,9H,5,8H2,1-4H3,(H,18,19)(H2,16,17,20). The number of rotatable bonds is 6. The molecule has 0 fully saturated rings. The molecule has 3 N–H and O–H groups in total. The Hall–Kier alpha value is -2.24. The SMILES string of the molecule is CCCC(C)(C)NC(=O)Nc1ccc(C(=O)O)c(OC)c1. The Balaban J connectivity index is 2.79. The van der Waals surface area contributed by atoms with E-state index in [0.717, 1.165) is 12.8 Å². The summed E-state index contributed by atoms with van der Waals surface area (Å²) in [6.07, 6.45) is 1.83. The lowest BCUT2D eigenvalue weighted by atomic mass is 9.99. The number of amides is 2. The van der Waals surface area contributed by atoms with Gasteiger partial charge in [-0.3, -0.25) is 0 Å². The van der Waals surface area contributed by atoms with E-state index in [0.29, 0.717) is 5.69 Å². The Morgan fingerprint density at radius 3 is 2.52 bits per heavy atom. The molecule has 0 radical (unpaired) electrons. The lowest BCUT2D eigenvalue weighted by Crippen LogP contribution is -2.45. The molecule has 0 aliphatic rings. The van der Waals surface area contributed by atoms with Crippen LogP contribution in [0.1, 0.15) is 44.0 Å². The zero-order chi connectivity index (χ0) is 16.0. The number of urea groups is 1. The van der Waals surface area contributed by atoms with Crippen molar-refractivity contribution in [3.63, 3.8) is 0 Å². The number of anilines is 1. The third-order valence-electron chi connectivity index (χ3n) is 3.02. The molecule has 1 aromatic rings. The number of nitrogens with one attached hydrogen (secondary N) is 2. The van der Waals surface area contributed by atoms with Crippen LogP contribution in [-0.2, 0) is 0 Å². The van der Waals surface area contributed by atoms with Gasteiger partial charge in [0.2, 0.25) is 0 Å². The first-order valence-corrected chi connectivity index (χ1v) is 6.79. The molecule has 1 rings (SSSR count). The Labute approximate surface area is 124 Å². The van der Waals surface area contributed by atoms with Crippen molar-refractivity contribution in [3.05, 3.63) is 23.8 Å². The second kappa shape index (κ2) is 6.97. The number of aromatic carboxylic acids is 1. The van der Waals surface area contributed by atoms with Crippen molar-refractivity contribution >= 4 is 17.7 Å². The van der Waals surface area contributed by atoms with Gasteiger partial charge in [0.25, 0.3) is 0 Å². The molecule has 0 spiro atoms. The molecule has 0 saturated carbocycles. The van der Waals surface area contributed by atoms with Gasteiger partial charge in [-0.05, 0) is 32.4 Å². The van der Waals surface area contributed by atoms with Gasteiger partial charge in [0.1, 0.15) is 11.3 Å². The molecule has 116 valence electrons. The minimum Gasteiger partial charge on any atom is -0.496 e. The zero-order valence-corrected chi connectivity index (χ0v) is 12.8. The highest BCUT2D eigenvalue weighted by Gasteiger charge is 2.19. The molecule has 0 saturated heterocycles. The zero-order valence-electron chi connectivity index (χ0n) is 12.8. The summed E-state index contributed by atoms with van der Waals surface area (Å²) in [5.74, 6) is -0.875. The number of ether oxygens (including phenoxy) is 1. The van der Waals surface area contributed by atoms with Crippen LogP contribution >= 0.6 is 0 Å². The van der Waals surface area contributed by atoms with Crippen molar-refractivity contribution in [1.29, 1.82) is 0 Å². The van der Waals surface area contributed by atoms with Crippen LogP contribution in [0.25, 0.3) is 0 Å². The second-order valence-corrected chi connectivity index (χ2v) is 5.43. The van der Waals surface area contributed by atoms with Crippen LogP contribution in [0, 0.1) is 0 Å². The first kappa shape index (κ1) is 16.8. The predicted molar refractivity (Wildman–Crippen MR) is 81.1 cm³/mol. The number of carbonyl (C=O) groups excluding carboxylic acids is 1. The number of methoxy groups -OCH3 is 1. The van der Waals surface area contributed by atoms with Gasteiger partial charge in [-0.15, -0.1) is 0 Å². The number of benzene rings is 1. The molecule has 1 aromatic carbocycles. The average molecular weight is 294 g/mol. The molecule has 0 heterocycles. The maximum atomic E-state index is 11.9. The monoisotopic (exact) mass is 294 g/mol. The van der Waals surface area contributed by atoms with Crippen LogP contribution in [0.15, 0.2) is 18.2 Å². The minimum absolute atomic E-state index is 0.0507. The molecule has 0 aliphatic carbocycles. The van der Waals surface area contributed by atoms with E-state index in [-0.39, 0.29) is 22.9 Å². The van der Waals surface area contributed by atoms with E-state index in [4.69, 9.17) is 9.84 Å². The maximum Gasteiger partial charge on any atom is 0.339 e. The maximum absolute atomic E-state index is 11.9. The molecular formula is C15H22N2O4. The van der Waals surface area contributed by atoms with Crippen molar-refractivity contribution in [2.45, 2.75) is 39.2 Å². The van der Waals surface area contributed by atoms with Crippen molar-refractivity contribution in [3.8, 4) is 5.75 Å². The number of carboxylic acids is 1. The van der Waals surface area contributed by atoms with Crippen molar-refractivity contribution in [1.82, 2.24) is 5.32 Å². The van der Waals surface area contributed by atoms with E-state index >= 15 is 0 Å². The molecule has 0 unspecified atom stereocenters. The number of carboxylic acid groups (broad SMARTS) is 1. The Bertz CT molecular complexity index is 526. The normalized spacial score (nSPS) is 10.9. The molecule has 21 heavy (non-hydrogen) atoms. The summed E-state index contributed by atoms with van der Waals surface area (Å²) >= 11 is 0. The first-order valence-electron chi connectivity index (χ1n) is 6.79. The highest BCUT2D eigenvalue weighted by atomic mass is 16.5. The smallest absolute Gasteiger partial charge is 0.339 e. The predicted octanol–water partition coefficient (Wildman–Crippen LogP) is 3.09. The molecular weight excluding hydrogens is 272 g/mol. The van der Waals surface area contributed by atoms with Crippen LogP contribution in [0.5, 0.6) is 5.75 Å². The third kappa shape index (κ3) is 4.98. The van der Waals surface area contributed by atoms with Crippen LogP contribution in [0.2, 0.25) is 0 Å². The van der Waals surface area contributed by atoms with Crippen LogP contribution in [0.3, 0.4) is 0 Å². The quantitative estimate of drug-likeness (QED) is 0.752. The van der Waals surface area contributed by atoms with Gasteiger partial charge in [0, 0.05) is 17.3 Å². The third-order valence-corrected chi connectivity index (χ3v) is 3.02. The van der Waals surface area contributed by atoms with E-state index in [1.165, 1.54) is 25.3 Å². The van der Waals surface area contributed by atoms with E-state index < -0.39 is 5.97 Å². The largest absolute Gasteiger partial charge is 0.496 e. The fraction of sp³-hybridized carbons (Fsp3) is 0.467. The summed E-state index contributed by atoms with van der Waals surface area (Å²) in [7, 11) is 1.38. The van der Waals surface area contributed by atoms with Gasteiger partial charge in [-0.25, -0.2) is 9.59 Å². The molecule has 6 nitrogen and oxygen atoms in total. The highest BCUT2D eigenvalue weighted by Crippen LogP contribution is 2.23. The van der Waals surface area contributed by atoms with Crippen molar-refractivity contribution < 1.29 is 19.4 Å². The number of hydrogen-bond acceptors (Lipinski definition) is 3. The Morgan fingerprint density at radius 1 is 1.33 bits per heavy atom. The van der Waals surface area contributed by atoms with Gasteiger partial charge >= 0.3 is 12.0 Å². The van der Waals surface area contributed by atoms with Crippen LogP contribution < -0.4 is 15.4 Å². The van der Waals surface area contributed by atoms with E-state index in [1.54, 1.807) is 0 Å². The van der Waals surface area contributed by atoms with Crippen LogP contribution in [0.4, 0.5) is 10.5 Å². The summed E-state index contributed by atoms with van der Waals surface area (Å²) in [4.78, 5) is 22.9. The second-order valence-electron chi connectivity index (χ2n) is 5.43. The minimum atomic E-state index is -1.08. The lowest BCUT2D eigenvalue weighted by Gasteiger charge is -2.25. The Kier molecular flexibility index (Phi) is 5.58. The molecule has 0 atom stereocenters.